The SMILES string of the molecule is CC1CNCCC12CC2. The van der Waals surface area contributed by atoms with E-state index >= 15 is 0 Å². The molecule has 1 aliphatic carbocycles. The zero-order valence-electron chi connectivity index (χ0n) is 6.11. The summed E-state index contributed by atoms with van der Waals surface area (Å²) >= 11 is 0. The first kappa shape index (κ1) is 5.72. The quantitative estimate of drug-likeness (QED) is 0.516. The van der Waals surface area contributed by atoms with Crippen molar-refractivity contribution in [1.29, 1.82) is 0 Å². The van der Waals surface area contributed by atoms with Crippen LogP contribution in [0.2, 0.25) is 0 Å². The fraction of sp³-hybridized carbons (Fsp3) is 1.00. The molecule has 0 aromatic carbocycles. The number of hydrogen-bond donors (Lipinski definition) is 1. The van der Waals surface area contributed by atoms with Crippen molar-refractivity contribution in [3.05, 3.63) is 0 Å². The summed E-state index contributed by atoms with van der Waals surface area (Å²) in [7, 11) is 0. The molecule has 0 aromatic rings. The van der Waals surface area contributed by atoms with Gasteiger partial charge in [-0.3, -0.25) is 0 Å². The smallest absolute Gasteiger partial charge is 0.00178 e. The maximum Gasteiger partial charge on any atom is -0.00178 e. The summed E-state index contributed by atoms with van der Waals surface area (Å²) in [6.07, 6.45) is 4.46. The first-order chi connectivity index (χ1) is 4.33. The molecule has 1 atom stereocenters. The van der Waals surface area contributed by atoms with Gasteiger partial charge in [-0.05, 0) is 43.7 Å². The standard InChI is InChI=1S/C8H15N/c1-7-6-9-5-4-8(7)2-3-8/h7,9H,2-6H2,1H3. The summed E-state index contributed by atoms with van der Waals surface area (Å²) in [5, 5.41) is 3.43. The summed E-state index contributed by atoms with van der Waals surface area (Å²) in [5.41, 5.74) is 0.825. The zero-order chi connectivity index (χ0) is 6.32. The summed E-state index contributed by atoms with van der Waals surface area (Å²) in [5.74, 6) is 0.950. The van der Waals surface area contributed by atoms with Crippen LogP contribution in [0.25, 0.3) is 0 Å². The van der Waals surface area contributed by atoms with Gasteiger partial charge in [0.25, 0.3) is 0 Å². The Kier molecular flexibility index (Phi) is 1.10. The molecule has 0 aromatic heterocycles. The minimum Gasteiger partial charge on any atom is -0.316 e. The highest BCUT2D eigenvalue weighted by atomic mass is 14.9. The maximum absolute atomic E-state index is 3.43. The summed E-state index contributed by atoms with van der Waals surface area (Å²) in [4.78, 5) is 0. The van der Waals surface area contributed by atoms with Crippen molar-refractivity contribution in [2.75, 3.05) is 13.1 Å². The second-order valence-electron chi connectivity index (χ2n) is 3.72. The average molecular weight is 125 g/mol. The van der Waals surface area contributed by atoms with E-state index in [2.05, 4.69) is 12.2 Å². The molecule has 1 saturated carbocycles. The van der Waals surface area contributed by atoms with E-state index in [9.17, 15) is 0 Å². The molecule has 1 heterocycles. The first-order valence-electron chi connectivity index (χ1n) is 4.04. The molecule has 0 radical (unpaired) electrons. The normalized spacial score (nSPS) is 39.0. The van der Waals surface area contributed by atoms with Crippen LogP contribution in [0.15, 0.2) is 0 Å². The van der Waals surface area contributed by atoms with E-state index in [4.69, 9.17) is 0 Å². The molecule has 9 heavy (non-hydrogen) atoms. The Balaban J connectivity index is 2.03. The molecule has 1 aliphatic heterocycles. The highest BCUT2D eigenvalue weighted by Gasteiger charge is 2.47. The molecule has 1 N–H and O–H groups in total. The van der Waals surface area contributed by atoms with Gasteiger partial charge in [0.2, 0.25) is 0 Å². The van der Waals surface area contributed by atoms with E-state index in [0.717, 1.165) is 11.3 Å². The summed E-state index contributed by atoms with van der Waals surface area (Å²) in [6, 6.07) is 0. The molecule has 2 aliphatic rings. The van der Waals surface area contributed by atoms with Crippen LogP contribution < -0.4 is 5.32 Å². The molecule has 1 saturated heterocycles. The number of hydrogen-bond acceptors (Lipinski definition) is 1. The number of piperidine rings is 1. The van der Waals surface area contributed by atoms with Crippen LogP contribution in [0.3, 0.4) is 0 Å². The van der Waals surface area contributed by atoms with Crippen LogP contribution in [0.1, 0.15) is 26.2 Å². The monoisotopic (exact) mass is 125 g/mol. The lowest BCUT2D eigenvalue weighted by Gasteiger charge is -2.29. The number of nitrogens with one attached hydrogen (secondary N) is 1. The van der Waals surface area contributed by atoms with Crippen LogP contribution in [0.4, 0.5) is 0 Å². The fourth-order valence-electron chi connectivity index (χ4n) is 2.02. The molecule has 52 valence electrons. The predicted molar refractivity (Wildman–Crippen MR) is 38.3 cm³/mol. The average Bonchev–Trinajstić information content (AvgIpc) is 2.60. The molecule has 1 nitrogen and oxygen atoms in total. The van der Waals surface area contributed by atoms with Crippen molar-refractivity contribution in [2.45, 2.75) is 26.2 Å². The fourth-order valence-corrected chi connectivity index (χ4v) is 2.02. The lowest BCUT2D eigenvalue weighted by molar-refractivity contribution is 0.250. The van der Waals surface area contributed by atoms with Crippen molar-refractivity contribution in [3.63, 3.8) is 0 Å². The second-order valence-corrected chi connectivity index (χ2v) is 3.72. The summed E-state index contributed by atoms with van der Waals surface area (Å²) in [6.45, 7) is 4.92. The largest absolute Gasteiger partial charge is 0.316 e. The van der Waals surface area contributed by atoms with Gasteiger partial charge >= 0.3 is 0 Å². The van der Waals surface area contributed by atoms with Gasteiger partial charge in [0.15, 0.2) is 0 Å². The Hall–Kier alpha value is -0.0400. The van der Waals surface area contributed by atoms with Gasteiger partial charge in [-0.2, -0.15) is 0 Å². The molecule has 1 heteroatoms. The van der Waals surface area contributed by atoms with E-state index in [-0.39, 0.29) is 0 Å². The Labute approximate surface area is 56.8 Å². The first-order valence-corrected chi connectivity index (χ1v) is 4.04. The maximum atomic E-state index is 3.43. The van der Waals surface area contributed by atoms with Gasteiger partial charge in [-0.25, -0.2) is 0 Å². The van der Waals surface area contributed by atoms with Crippen LogP contribution in [-0.4, -0.2) is 13.1 Å². The van der Waals surface area contributed by atoms with Gasteiger partial charge in [0, 0.05) is 0 Å². The van der Waals surface area contributed by atoms with Crippen LogP contribution in [-0.2, 0) is 0 Å². The lowest BCUT2D eigenvalue weighted by atomic mass is 9.85. The van der Waals surface area contributed by atoms with Crippen molar-refractivity contribution in [2.24, 2.45) is 11.3 Å². The molecular formula is C8H15N. The van der Waals surface area contributed by atoms with Gasteiger partial charge in [-0.15, -0.1) is 0 Å². The van der Waals surface area contributed by atoms with E-state index in [1.165, 1.54) is 32.4 Å². The molecular weight excluding hydrogens is 110 g/mol. The van der Waals surface area contributed by atoms with E-state index in [0.29, 0.717) is 0 Å². The zero-order valence-corrected chi connectivity index (χ0v) is 6.11. The predicted octanol–water partition coefficient (Wildman–Crippen LogP) is 1.40. The van der Waals surface area contributed by atoms with Crippen LogP contribution in [0.5, 0.6) is 0 Å². The third-order valence-corrected chi connectivity index (χ3v) is 3.19. The van der Waals surface area contributed by atoms with Crippen molar-refractivity contribution >= 4 is 0 Å². The van der Waals surface area contributed by atoms with Crippen molar-refractivity contribution in [3.8, 4) is 0 Å². The van der Waals surface area contributed by atoms with E-state index < -0.39 is 0 Å². The molecule has 0 amide bonds. The summed E-state index contributed by atoms with van der Waals surface area (Å²) < 4.78 is 0. The van der Waals surface area contributed by atoms with E-state index in [1.54, 1.807) is 0 Å². The minimum atomic E-state index is 0.825. The third-order valence-electron chi connectivity index (χ3n) is 3.19. The Morgan fingerprint density at radius 1 is 1.33 bits per heavy atom. The van der Waals surface area contributed by atoms with Gasteiger partial charge in [-0.1, -0.05) is 6.92 Å². The van der Waals surface area contributed by atoms with Gasteiger partial charge in [0.05, 0.1) is 0 Å². The Bertz CT molecular complexity index is 116. The molecule has 1 unspecified atom stereocenters. The van der Waals surface area contributed by atoms with Crippen molar-refractivity contribution in [1.82, 2.24) is 5.32 Å². The highest BCUT2D eigenvalue weighted by Crippen LogP contribution is 2.55. The Morgan fingerprint density at radius 3 is 2.56 bits per heavy atom. The molecule has 2 fully saturated rings. The van der Waals surface area contributed by atoms with Crippen LogP contribution >= 0.6 is 0 Å². The third kappa shape index (κ3) is 0.787. The van der Waals surface area contributed by atoms with Gasteiger partial charge in [0.1, 0.15) is 0 Å². The molecule has 0 bridgehead atoms. The molecule has 2 rings (SSSR count). The second kappa shape index (κ2) is 1.72. The van der Waals surface area contributed by atoms with Gasteiger partial charge < -0.3 is 5.32 Å². The number of rotatable bonds is 0. The minimum absolute atomic E-state index is 0.825. The topological polar surface area (TPSA) is 12.0 Å². The Morgan fingerprint density at radius 2 is 2.11 bits per heavy atom. The van der Waals surface area contributed by atoms with E-state index in [1.807, 2.05) is 0 Å². The van der Waals surface area contributed by atoms with Crippen LogP contribution in [0, 0.1) is 11.3 Å². The van der Waals surface area contributed by atoms with Crippen molar-refractivity contribution < 1.29 is 0 Å². The highest BCUT2D eigenvalue weighted by molar-refractivity contribution is 4.99. The lowest BCUT2D eigenvalue weighted by Crippen LogP contribution is -2.36. The molecule has 1 spiro atoms.